The molecule has 0 atom stereocenters. The number of hydrogen-bond acceptors (Lipinski definition) is 4. The van der Waals surface area contributed by atoms with Gasteiger partial charge in [-0.25, -0.2) is 4.57 Å². The average molecular weight is 670 g/mol. The SMILES string of the molecule is CCCCCCCCCCCCCCCc1cccc(OP(=O)([O-])Oc2cccc(CCCCCCCCCCCCCCC)c2)c1. The summed E-state index contributed by atoms with van der Waals surface area (Å²) in [6.07, 6.45) is 36.5. The zero-order valence-corrected chi connectivity index (χ0v) is 31.4. The molecule has 0 aliphatic carbocycles. The highest BCUT2D eigenvalue weighted by Gasteiger charge is 2.14. The van der Waals surface area contributed by atoms with Crippen molar-refractivity contribution in [3.05, 3.63) is 59.7 Å². The van der Waals surface area contributed by atoms with E-state index in [4.69, 9.17) is 9.05 Å². The largest absolute Gasteiger partial charge is 0.736 e. The molecule has 4 nitrogen and oxygen atoms in total. The van der Waals surface area contributed by atoms with Crippen molar-refractivity contribution in [2.24, 2.45) is 0 Å². The minimum absolute atomic E-state index is 0.318. The van der Waals surface area contributed by atoms with Crippen LogP contribution in [0.2, 0.25) is 0 Å². The van der Waals surface area contributed by atoms with Gasteiger partial charge in [0.2, 0.25) is 0 Å². The first-order chi connectivity index (χ1) is 23.0. The van der Waals surface area contributed by atoms with Gasteiger partial charge < -0.3 is 13.9 Å². The van der Waals surface area contributed by atoms with Crippen LogP contribution in [-0.4, -0.2) is 0 Å². The summed E-state index contributed by atoms with van der Waals surface area (Å²) in [4.78, 5) is 12.7. The Balaban J connectivity index is 1.56. The van der Waals surface area contributed by atoms with Crippen molar-refractivity contribution in [3.8, 4) is 11.5 Å². The fourth-order valence-electron chi connectivity index (χ4n) is 6.49. The molecule has 2 aromatic carbocycles. The van der Waals surface area contributed by atoms with Gasteiger partial charge in [-0.05, 0) is 61.1 Å². The number of phosphoric acid groups is 1. The summed E-state index contributed by atoms with van der Waals surface area (Å²) in [5.74, 6) is 0.636. The molecule has 0 amide bonds. The molecule has 0 heterocycles. The maximum absolute atomic E-state index is 12.7. The first kappa shape index (κ1) is 41.4. The summed E-state index contributed by atoms with van der Waals surface area (Å²) < 4.78 is 23.5. The van der Waals surface area contributed by atoms with Crippen molar-refractivity contribution < 1.29 is 18.5 Å². The fourth-order valence-corrected chi connectivity index (χ4v) is 7.27. The monoisotopic (exact) mass is 670 g/mol. The zero-order valence-electron chi connectivity index (χ0n) is 30.5. The van der Waals surface area contributed by atoms with Gasteiger partial charge in [-0.2, -0.15) is 0 Å². The Morgan fingerprint density at radius 1 is 0.447 bits per heavy atom. The second-order valence-corrected chi connectivity index (χ2v) is 15.2. The predicted octanol–water partition coefficient (Wildman–Crippen LogP) is 13.9. The van der Waals surface area contributed by atoms with Gasteiger partial charge in [0.25, 0.3) is 0 Å². The number of benzene rings is 2. The minimum Gasteiger partial charge on any atom is -0.736 e. The summed E-state index contributed by atoms with van der Waals surface area (Å²) >= 11 is 0. The van der Waals surface area contributed by atoms with Gasteiger partial charge in [0.05, 0.1) is 0 Å². The van der Waals surface area contributed by atoms with Crippen LogP contribution < -0.4 is 13.9 Å². The van der Waals surface area contributed by atoms with Crippen LogP contribution in [0.25, 0.3) is 0 Å². The molecule has 0 unspecified atom stereocenters. The van der Waals surface area contributed by atoms with E-state index < -0.39 is 7.82 Å². The normalized spacial score (nSPS) is 11.6. The molecule has 0 aliphatic heterocycles. The maximum atomic E-state index is 12.7. The molecule has 0 bridgehead atoms. The molecule has 0 aliphatic rings. The van der Waals surface area contributed by atoms with Crippen LogP contribution in [-0.2, 0) is 17.4 Å². The first-order valence-electron chi connectivity index (χ1n) is 19.9. The van der Waals surface area contributed by atoms with Crippen molar-refractivity contribution >= 4 is 7.82 Å². The van der Waals surface area contributed by atoms with Gasteiger partial charge in [-0.15, -0.1) is 0 Å². The lowest BCUT2D eigenvalue weighted by atomic mass is 10.0. The summed E-state index contributed by atoms with van der Waals surface area (Å²) in [5.41, 5.74) is 2.20. The quantitative estimate of drug-likeness (QED) is 0.0574. The van der Waals surface area contributed by atoms with Crippen LogP contribution in [0.5, 0.6) is 11.5 Å². The molecule has 268 valence electrons. The van der Waals surface area contributed by atoms with E-state index in [1.54, 1.807) is 12.1 Å². The molecule has 2 aromatic rings. The predicted molar refractivity (Wildman–Crippen MR) is 201 cm³/mol. The highest BCUT2D eigenvalue weighted by Crippen LogP contribution is 2.41. The average Bonchev–Trinajstić information content (AvgIpc) is 3.05. The Bertz CT molecular complexity index is 975. The van der Waals surface area contributed by atoms with Crippen molar-refractivity contribution in [1.29, 1.82) is 0 Å². The van der Waals surface area contributed by atoms with E-state index in [-0.39, 0.29) is 0 Å². The molecule has 5 heteroatoms. The smallest absolute Gasteiger partial charge is 0.372 e. The van der Waals surface area contributed by atoms with E-state index in [9.17, 15) is 9.46 Å². The Labute approximate surface area is 290 Å². The lowest BCUT2D eigenvalue weighted by Gasteiger charge is -2.24. The second-order valence-electron chi connectivity index (χ2n) is 13.9. The van der Waals surface area contributed by atoms with E-state index in [0.717, 1.165) is 36.8 Å². The molecule has 0 N–H and O–H groups in total. The van der Waals surface area contributed by atoms with Crippen molar-refractivity contribution in [3.63, 3.8) is 0 Å². The third kappa shape index (κ3) is 23.3. The van der Waals surface area contributed by atoms with Gasteiger partial charge in [0, 0.05) is 0 Å². The standard InChI is InChI=1S/C42H71O4P/c1-3-5-7-9-11-13-15-17-19-21-23-25-27-31-39-33-29-35-41(37-39)45-47(43,44)46-42-36-30-34-40(38-42)32-28-26-24-22-20-18-16-14-12-10-8-6-4-2/h29-30,33-38H,3-28,31-32H2,1-2H3,(H,43,44)/p-1. The highest BCUT2D eigenvalue weighted by molar-refractivity contribution is 7.46. The van der Waals surface area contributed by atoms with Crippen LogP contribution in [0.15, 0.2) is 48.5 Å². The van der Waals surface area contributed by atoms with Crippen molar-refractivity contribution in [2.45, 2.75) is 194 Å². The number of rotatable bonds is 32. The molecule has 0 saturated carbocycles. The molecule has 2 rings (SSSR count). The van der Waals surface area contributed by atoms with Gasteiger partial charge in [0.15, 0.2) is 0 Å². The lowest BCUT2D eigenvalue weighted by molar-refractivity contribution is -0.208. The summed E-state index contributed by atoms with van der Waals surface area (Å²) in [5, 5.41) is 0. The van der Waals surface area contributed by atoms with Crippen molar-refractivity contribution in [2.75, 3.05) is 0 Å². The first-order valence-corrected chi connectivity index (χ1v) is 21.4. The van der Waals surface area contributed by atoms with E-state index in [2.05, 4.69) is 13.8 Å². The molecule has 47 heavy (non-hydrogen) atoms. The number of unbranched alkanes of at least 4 members (excludes halogenated alkanes) is 24. The van der Waals surface area contributed by atoms with Gasteiger partial charge in [0.1, 0.15) is 11.5 Å². The Kier molecular flexibility index (Phi) is 24.8. The Morgan fingerprint density at radius 2 is 0.723 bits per heavy atom. The van der Waals surface area contributed by atoms with Crippen LogP contribution in [0.3, 0.4) is 0 Å². The van der Waals surface area contributed by atoms with E-state index in [1.807, 2.05) is 36.4 Å². The second kappa shape index (κ2) is 28.1. The van der Waals surface area contributed by atoms with Crippen LogP contribution >= 0.6 is 7.82 Å². The van der Waals surface area contributed by atoms with Crippen molar-refractivity contribution in [1.82, 2.24) is 0 Å². The third-order valence-corrected chi connectivity index (χ3v) is 10.2. The number of hydrogen-bond donors (Lipinski definition) is 0. The molecule has 0 aromatic heterocycles. The number of aryl methyl sites for hydroxylation is 2. The Morgan fingerprint density at radius 3 is 1.02 bits per heavy atom. The summed E-state index contributed by atoms with van der Waals surface area (Å²) in [6, 6.07) is 14.9. The third-order valence-electron chi connectivity index (χ3n) is 9.37. The van der Waals surface area contributed by atoms with E-state index in [1.165, 1.54) is 154 Å². The summed E-state index contributed by atoms with van der Waals surface area (Å²) in [7, 11) is -4.55. The van der Waals surface area contributed by atoms with Crippen LogP contribution in [0, 0.1) is 0 Å². The lowest BCUT2D eigenvalue weighted by Crippen LogP contribution is -2.13. The van der Waals surface area contributed by atoms with Gasteiger partial charge in [-0.1, -0.05) is 192 Å². The Hall–Kier alpha value is -1.77. The van der Waals surface area contributed by atoms with E-state index in [0.29, 0.717) is 11.5 Å². The fraction of sp³-hybridized carbons (Fsp3) is 0.714. The highest BCUT2D eigenvalue weighted by atomic mass is 31.2. The topological polar surface area (TPSA) is 58.6 Å². The molecule has 0 spiro atoms. The zero-order chi connectivity index (χ0) is 33.7. The van der Waals surface area contributed by atoms with E-state index >= 15 is 0 Å². The molecule has 0 saturated heterocycles. The van der Waals surface area contributed by atoms with Crippen LogP contribution in [0.4, 0.5) is 0 Å². The molecular weight excluding hydrogens is 599 g/mol. The molecule has 0 fully saturated rings. The molecule has 0 radical (unpaired) electrons. The van der Waals surface area contributed by atoms with Gasteiger partial charge in [-0.3, -0.25) is 0 Å². The van der Waals surface area contributed by atoms with Crippen LogP contribution in [0.1, 0.15) is 192 Å². The maximum Gasteiger partial charge on any atom is 0.372 e. The number of phosphoric ester groups is 1. The minimum atomic E-state index is -4.55. The summed E-state index contributed by atoms with van der Waals surface area (Å²) in [6.45, 7) is 4.55. The van der Waals surface area contributed by atoms with Gasteiger partial charge >= 0.3 is 7.82 Å². The molecular formula is C42H70O4P-.